The summed E-state index contributed by atoms with van der Waals surface area (Å²) in [5, 5.41) is 13.9. The molecule has 6 heteroatoms. The predicted octanol–water partition coefficient (Wildman–Crippen LogP) is 0.257. The number of nitrogens with two attached hydrogens (primary N) is 1. The lowest BCUT2D eigenvalue weighted by Crippen LogP contribution is -2.46. The fraction of sp³-hybridized carbons (Fsp3) is 0.750. The molecule has 0 bridgehead atoms. The van der Waals surface area contributed by atoms with Crippen LogP contribution in [-0.2, 0) is 4.74 Å². The normalized spacial score (nSPS) is 18.8. The average Bonchev–Trinajstić information content (AvgIpc) is 2.97. The molecule has 0 spiro atoms. The second-order valence-electron chi connectivity index (χ2n) is 3.20. The number of ether oxygens (including phenoxy) is 1. The van der Waals surface area contributed by atoms with Gasteiger partial charge in [0.15, 0.2) is 5.84 Å². The maximum atomic E-state index is 11.1. The van der Waals surface area contributed by atoms with Crippen molar-refractivity contribution < 1.29 is 14.7 Å². The van der Waals surface area contributed by atoms with Gasteiger partial charge < -0.3 is 21.0 Å². The quantitative estimate of drug-likeness (QED) is 0.263. The topological polar surface area (TPSA) is 96.9 Å². The molecule has 6 nitrogen and oxygen atoms in total. The second kappa shape index (κ2) is 4.69. The van der Waals surface area contributed by atoms with Crippen LogP contribution in [0.15, 0.2) is 5.16 Å². The van der Waals surface area contributed by atoms with Crippen LogP contribution in [0.1, 0.15) is 19.8 Å². The van der Waals surface area contributed by atoms with Crippen molar-refractivity contribution in [2.24, 2.45) is 16.8 Å². The van der Waals surface area contributed by atoms with Gasteiger partial charge in [0.25, 0.3) is 0 Å². The van der Waals surface area contributed by atoms with Crippen LogP contribution in [0, 0.1) is 5.92 Å². The van der Waals surface area contributed by atoms with E-state index in [0.29, 0.717) is 6.61 Å². The maximum absolute atomic E-state index is 11.1. The molecule has 0 aliphatic heterocycles. The highest BCUT2D eigenvalue weighted by Gasteiger charge is 2.35. The zero-order chi connectivity index (χ0) is 10.6. The third kappa shape index (κ3) is 2.79. The summed E-state index contributed by atoms with van der Waals surface area (Å²) < 4.78 is 4.70. The van der Waals surface area contributed by atoms with E-state index in [1.165, 1.54) is 0 Å². The predicted molar refractivity (Wildman–Crippen MR) is 50.1 cm³/mol. The Morgan fingerprint density at radius 3 is 2.86 bits per heavy atom. The number of hydrogen-bond acceptors (Lipinski definition) is 4. The highest BCUT2D eigenvalue weighted by molar-refractivity contribution is 5.89. The second-order valence-corrected chi connectivity index (χ2v) is 3.20. The molecule has 0 radical (unpaired) electrons. The molecule has 1 aliphatic rings. The number of nitrogens with one attached hydrogen (secondary N) is 1. The molecule has 4 N–H and O–H groups in total. The smallest absolute Gasteiger partial charge is 0.407 e. The Hall–Kier alpha value is -1.46. The molecule has 14 heavy (non-hydrogen) atoms. The Labute approximate surface area is 82.1 Å². The van der Waals surface area contributed by atoms with Gasteiger partial charge in [-0.25, -0.2) is 4.79 Å². The summed E-state index contributed by atoms with van der Waals surface area (Å²) >= 11 is 0. The molecule has 1 unspecified atom stereocenters. The first-order valence-corrected chi connectivity index (χ1v) is 4.59. The van der Waals surface area contributed by atoms with Crippen LogP contribution in [0.3, 0.4) is 0 Å². The number of carbonyl (C=O) groups excluding carboxylic acids is 1. The molecule has 1 rings (SSSR count). The van der Waals surface area contributed by atoms with Gasteiger partial charge in [-0.15, -0.1) is 0 Å². The van der Waals surface area contributed by atoms with Crippen molar-refractivity contribution in [2.75, 3.05) is 6.61 Å². The van der Waals surface area contributed by atoms with Crippen LogP contribution in [0.2, 0.25) is 0 Å². The van der Waals surface area contributed by atoms with Crippen LogP contribution >= 0.6 is 0 Å². The van der Waals surface area contributed by atoms with Crippen molar-refractivity contribution in [3.8, 4) is 0 Å². The number of amides is 1. The molecule has 1 amide bonds. The average molecular weight is 201 g/mol. The van der Waals surface area contributed by atoms with Crippen molar-refractivity contribution in [2.45, 2.75) is 25.8 Å². The SMILES string of the molecule is CCOC(=O)NC(C(N)=NO)C1CC1. The summed E-state index contributed by atoms with van der Waals surface area (Å²) in [7, 11) is 0. The van der Waals surface area contributed by atoms with Gasteiger partial charge in [0, 0.05) is 0 Å². The molecule has 1 saturated carbocycles. The molecule has 0 heterocycles. The number of alkyl carbamates (subject to hydrolysis) is 1. The molecular formula is C8H15N3O3. The minimum atomic E-state index is -0.531. The largest absolute Gasteiger partial charge is 0.450 e. The molecule has 80 valence electrons. The number of carbonyl (C=O) groups is 1. The summed E-state index contributed by atoms with van der Waals surface area (Å²) in [6, 6.07) is -0.404. The van der Waals surface area contributed by atoms with Crippen LogP contribution in [0.5, 0.6) is 0 Å². The van der Waals surface area contributed by atoms with Crippen molar-refractivity contribution in [3.63, 3.8) is 0 Å². The summed E-state index contributed by atoms with van der Waals surface area (Å²) in [4.78, 5) is 11.1. The summed E-state index contributed by atoms with van der Waals surface area (Å²) in [6.45, 7) is 2.02. The third-order valence-corrected chi connectivity index (χ3v) is 2.08. The van der Waals surface area contributed by atoms with E-state index in [2.05, 4.69) is 10.5 Å². The van der Waals surface area contributed by atoms with Gasteiger partial charge in [-0.2, -0.15) is 0 Å². The van der Waals surface area contributed by atoms with E-state index < -0.39 is 12.1 Å². The van der Waals surface area contributed by atoms with Crippen molar-refractivity contribution in [3.05, 3.63) is 0 Å². The standard InChI is InChI=1S/C8H15N3O3/c1-2-14-8(12)10-6(5-3-4-5)7(9)11-13/h5-6,13H,2-4H2,1H3,(H2,9,11)(H,10,12). The summed E-state index contributed by atoms with van der Waals surface area (Å²) in [6.07, 6.45) is 1.43. The molecule has 0 aromatic carbocycles. The van der Waals surface area contributed by atoms with Crippen molar-refractivity contribution in [1.82, 2.24) is 5.32 Å². The first-order chi connectivity index (χ1) is 6.69. The molecule has 0 aromatic rings. The minimum absolute atomic E-state index is 0.0283. The lowest BCUT2D eigenvalue weighted by molar-refractivity contribution is 0.149. The van der Waals surface area contributed by atoms with Gasteiger partial charge in [0.2, 0.25) is 0 Å². The minimum Gasteiger partial charge on any atom is -0.450 e. The highest BCUT2D eigenvalue weighted by atomic mass is 16.5. The van der Waals surface area contributed by atoms with Gasteiger partial charge in [-0.1, -0.05) is 5.16 Å². The Morgan fingerprint density at radius 1 is 1.79 bits per heavy atom. The fourth-order valence-corrected chi connectivity index (χ4v) is 1.22. The molecular weight excluding hydrogens is 186 g/mol. The van der Waals surface area contributed by atoms with Gasteiger partial charge in [-0.05, 0) is 25.7 Å². The Morgan fingerprint density at radius 2 is 2.43 bits per heavy atom. The fourth-order valence-electron chi connectivity index (χ4n) is 1.22. The Kier molecular flexibility index (Phi) is 3.55. The van der Waals surface area contributed by atoms with E-state index in [4.69, 9.17) is 15.7 Å². The lowest BCUT2D eigenvalue weighted by atomic mass is 10.2. The number of nitrogens with zero attached hydrogens (tertiary/aromatic N) is 1. The van der Waals surface area contributed by atoms with E-state index in [1.807, 2.05) is 0 Å². The van der Waals surface area contributed by atoms with Crippen LogP contribution < -0.4 is 11.1 Å². The van der Waals surface area contributed by atoms with E-state index in [1.54, 1.807) is 6.92 Å². The first kappa shape index (κ1) is 10.6. The summed E-state index contributed by atoms with van der Waals surface area (Å²) in [5.74, 6) is 0.302. The van der Waals surface area contributed by atoms with Crippen LogP contribution in [-0.4, -0.2) is 29.8 Å². The zero-order valence-electron chi connectivity index (χ0n) is 8.06. The van der Waals surface area contributed by atoms with Gasteiger partial charge in [0.1, 0.15) is 0 Å². The molecule has 0 saturated heterocycles. The Balaban J connectivity index is 2.47. The van der Waals surface area contributed by atoms with Gasteiger partial charge >= 0.3 is 6.09 Å². The monoisotopic (exact) mass is 201 g/mol. The van der Waals surface area contributed by atoms with E-state index >= 15 is 0 Å². The third-order valence-electron chi connectivity index (χ3n) is 2.08. The number of rotatable bonds is 4. The maximum Gasteiger partial charge on any atom is 0.407 e. The number of amidine groups is 1. The van der Waals surface area contributed by atoms with Gasteiger partial charge in [0.05, 0.1) is 12.6 Å². The van der Waals surface area contributed by atoms with Gasteiger partial charge in [-0.3, -0.25) is 0 Å². The molecule has 1 aliphatic carbocycles. The lowest BCUT2D eigenvalue weighted by Gasteiger charge is -2.15. The van der Waals surface area contributed by atoms with E-state index in [-0.39, 0.29) is 11.8 Å². The van der Waals surface area contributed by atoms with Crippen LogP contribution in [0.4, 0.5) is 4.79 Å². The van der Waals surface area contributed by atoms with E-state index in [9.17, 15) is 4.79 Å². The first-order valence-electron chi connectivity index (χ1n) is 4.59. The van der Waals surface area contributed by atoms with E-state index in [0.717, 1.165) is 12.8 Å². The zero-order valence-corrected chi connectivity index (χ0v) is 8.06. The van der Waals surface area contributed by atoms with Crippen molar-refractivity contribution in [1.29, 1.82) is 0 Å². The molecule has 1 atom stereocenters. The van der Waals surface area contributed by atoms with Crippen LogP contribution in [0.25, 0.3) is 0 Å². The summed E-state index contributed by atoms with van der Waals surface area (Å²) in [5.41, 5.74) is 5.43. The number of oxime groups is 1. The Bertz CT molecular complexity index is 238. The molecule has 1 fully saturated rings. The number of hydrogen-bond donors (Lipinski definition) is 3. The van der Waals surface area contributed by atoms with Crippen molar-refractivity contribution >= 4 is 11.9 Å². The molecule has 0 aromatic heterocycles. The highest BCUT2D eigenvalue weighted by Crippen LogP contribution is 2.32.